The summed E-state index contributed by atoms with van der Waals surface area (Å²) >= 11 is 0. The van der Waals surface area contributed by atoms with Gasteiger partial charge in [0.15, 0.2) is 0 Å². The summed E-state index contributed by atoms with van der Waals surface area (Å²) in [6.07, 6.45) is 1.67. The molecule has 0 saturated heterocycles. The first-order valence-corrected chi connectivity index (χ1v) is 6.10. The predicted octanol–water partition coefficient (Wildman–Crippen LogP) is 2.75. The molecule has 0 spiro atoms. The van der Waals surface area contributed by atoms with Crippen LogP contribution < -0.4 is 10.6 Å². The first kappa shape index (κ1) is 13.1. The molecule has 1 aromatic heterocycles. The van der Waals surface area contributed by atoms with Crippen LogP contribution >= 0.6 is 0 Å². The number of pyridine rings is 1. The van der Waals surface area contributed by atoms with Gasteiger partial charge in [0.1, 0.15) is 11.5 Å². The van der Waals surface area contributed by atoms with Crippen molar-refractivity contribution in [1.82, 2.24) is 4.98 Å². The van der Waals surface area contributed by atoms with E-state index in [0.29, 0.717) is 5.69 Å². The van der Waals surface area contributed by atoms with Crippen LogP contribution in [0, 0.1) is 19.3 Å². The number of nitrogen functional groups attached to an aromatic ring is 1. The van der Waals surface area contributed by atoms with Crippen LogP contribution in [0.25, 0.3) is 0 Å². The molecular weight excluding hydrogens is 236 g/mol. The zero-order chi connectivity index (χ0) is 14.0. The Bertz CT molecular complexity index is 619. The molecule has 2 rings (SSSR count). The molecule has 1 heterocycles. The van der Waals surface area contributed by atoms with Crippen LogP contribution in [-0.2, 0) is 0 Å². The van der Waals surface area contributed by atoms with Gasteiger partial charge in [-0.2, -0.15) is 0 Å². The van der Waals surface area contributed by atoms with E-state index in [4.69, 9.17) is 11.1 Å². The van der Waals surface area contributed by atoms with Gasteiger partial charge in [-0.05, 0) is 37.6 Å². The highest BCUT2D eigenvalue weighted by Gasteiger charge is 2.08. The Labute approximate surface area is 113 Å². The van der Waals surface area contributed by atoms with Crippen LogP contribution in [0.1, 0.15) is 16.8 Å². The lowest BCUT2D eigenvalue weighted by atomic mass is 10.1. The van der Waals surface area contributed by atoms with Gasteiger partial charge in [-0.1, -0.05) is 17.7 Å². The van der Waals surface area contributed by atoms with Crippen molar-refractivity contribution < 1.29 is 0 Å². The summed E-state index contributed by atoms with van der Waals surface area (Å²) < 4.78 is 0. The molecule has 0 aliphatic rings. The second kappa shape index (κ2) is 5.10. The number of aromatic nitrogens is 1. The molecule has 0 aliphatic heterocycles. The molecule has 19 heavy (non-hydrogen) atoms. The minimum atomic E-state index is -0.0177. The molecule has 0 atom stereocenters. The number of aryl methyl sites for hydroxylation is 2. The highest BCUT2D eigenvalue weighted by Crippen LogP contribution is 2.27. The van der Waals surface area contributed by atoms with Crippen molar-refractivity contribution in [3.63, 3.8) is 0 Å². The van der Waals surface area contributed by atoms with Crippen molar-refractivity contribution >= 4 is 17.2 Å². The molecule has 98 valence electrons. The molecule has 0 bridgehead atoms. The minimum Gasteiger partial charge on any atom is -0.382 e. The standard InChI is InChI=1S/C15H18N4/c1-10-4-5-14(11(2)8-10)19(3)12-6-7-18-13(9-12)15(16)17/h4-9H,1-3H3,(H3,16,17). The summed E-state index contributed by atoms with van der Waals surface area (Å²) in [5.74, 6) is -0.0177. The maximum atomic E-state index is 7.44. The van der Waals surface area contributed by atoms with E-state index in [1.54, 1.807) is 6.20 Å². The Morgan fingerprint density at radius 3 is 2.58 bits per heavy atom. The van der Waals surface area contributed by atoms with E-state index in [-0.39, 0.29) is 5.84 Å². The van der Waals surface area contributed by atoms with E-state index >= 15 is 0 Å². The molecule has 0 aliphatic carbocycles. The number of anilines is 2. The number of nitrogens with two attached hydrogens (primary N) is 1. The Morgan fingerprint density at radius 2 is 1.95 bits per heavy atom. The van der Waals surface area contributed by atoms with Crippen LogP contribution in [0.15, 0.2) is 36.5 Å². The molecule has 1 aromatic carbocycles. The summed E-state index contributed by atoms with van der Waals surface area (Å²) in [6, 6.07) is 10.1. The topological polar surface area (TPSA) is 66.0 Å². The average molecular weight is 254 g/mol. The largest absolute Gasteiger partial charge is 0.382 e. The zero-order valence-electron chi connectivity index (χ0n) is 11.4. The summed E-state index contributed by atoms with van der Waals surface area (Å²) in [6.45, 7) is 4.17. The Morgan fingerprint density at radius 1 is 1.21 bits per heavy atom. The average Bonchev–Trinajstić information content (AvgIpc) is 2.38. The number of nitrogens with zero attached hydrogens (tertiary/aromatic N) is 2. The summed E-state index contributed by atoms with van der Waals surface area (Å²) in [5.41, 5.74) is 10.5. The predicted molar refractivity (Wildman–Crippen MR) is 79.2 cm³/mol. The minimum absolute atomic E-state index is 0.0177. The van der Waals surface area contributed by atoms with Gasteiger partial charge in [0.2, 0.25) is 0 Å². The van der Waals surface area contributed by atoms with Gasteiger partial charge >= 0.3 is 0 Å². The molecule has 0 radical (unpaired) electrons. The lowest BCUT2D eigenvalue weighted by Gasteiger charge is -2.22. The van der Waals surface area contributed by atoms with E-state index in [1.807, 2.05) is 19.2 Å². The van der Waals surface area contributed by atoms with Crippen molar-refractivity contribution in [1.29, 1.82) is 5.41 Å². The lowest BCUT2D eigenvalue weighted by Crippen LogP contribution is -2.16. The summed E-state index contributed by atoms with van der Waals surface area (Å²) in [5, 5.41) is 7.44. The third kappa shape index (κ3) is 2.73. The fourth-order valence-corrected chi connectivity index (χ4v) is 2.10. The zero-order valence-corrected chi connectivity index (χ0v) is 11.4. The number of nitrogens with one attached hydrogen (secondary N) is 1. The van der Waals surface area contributed by atoms with Crippen LogP contribution in [0.4, 0.5) is 11.4 Å². The molecule has 0 saturated carbocycles. The second-order valence-corrected chi connectivity index (χ2v) is 4.66. The van der Waals surface area contributed by atoms with Crippen molar-refractivity contribution in [3.8, 4) is 0 Å². The van der Waals surface area contributed by atoms with Gasteiger partial charge in [0, 0.05) is 24.6 Å². The van der Waals surface area contributed by atoms with Crippen molar-refractivity contribution in [2.75, 3.05) is 11.9 Å². The van der Waals surface area contributed by atoms with Gasteiger partial charge in [-0.25, -0.2) is 0 Å². The van der Waals surface area contributed by atoms with E-state index in [9.17, 15) is 0 Å². The molecule has 4 nitrogen and oxygen atoms in total. The second-order valence-electron chi connectivity index (χ2n) is 4.66. The third-order valence-corrected chi connectivity index (χ3v) is 3.12. The molecule has 3 N–H and O–H groups in total. The van der Waals surface area contributed by atoms with Crippen molar-refractivity contribution in [2.45, 2.75) is 13.8 Å². The van der Waals surface area contributed by atoms with Gasteiger partial charge in [-0.3, -0.25) is 10.4 Å². The SMILES string of the molecule is Cc1ccc(N(C)c2ccnc(C(=N)N)c2)c(C)c1. The highest BCUT2D eigenvalue weighted by molar-refractivity contribution is 5.94. The number of rotatable bonds is 3. The van der Waals surface area contributed by atoms with Crippen LogP contribution in [0.5, 0.6) is 0 Å². The third-order valence-electron chi connectivity index (χ3n) is 3.12. The van der Waals surface area contributed by atoms with Crippen LogP contribution in [0.2, 0.25) is 0 Å². The van der Waals surface area contributed by atoms with E-state index in [2.05, 4.69) is 41.9 Å². The molecule has 0 amide bonds. The smallest absolute Gasteiger partial charge is 0.141 e. The van der Waals surface area contributed by atoms with Crippen molar-refractivity contribution in [2.24, 2.45) is 5.73 Å². The molecular formula is C15H18N4. The van der Waals surface area contributed by atoms with Crippen LogP contribution in [-0.4, -0.2) is 17.9 Å². The monoisotopic (exact) mass is 254 g/mol. The van der Waals surface area contributed by atoms with Crippen LogP contribution in [0.3, 0.4) is 0 Å². The normalized spacial score (nSPS) is 10.3. The number of hydrogen-bond donors (Lipinski definition) is 2. The molecule has 0 unspecified atom stereocenters. The fourth-order valence-electron chi connectivity index (χ4n) is 2.10. The Balaban J connectivity index is 2.41. The fraction of sp³-hybridized carbons (Fsp3) is 0.200. The van der Waals surface area contributed by atoms with E-state index < -0.39 is 0 Å². The van der Waals surface area contributed by atoms with Gasteiger partial charge in [-0.15, -0.1) is 0 Å². The maximum absolute atomic E-state index is 7.44. The van der Waals surface area contributed by atoms with Gasteiger partial charge in [0.05, 0.1) is 0 Å². The molecule has 2 aromatic rings. The Hall–Kier alpha value is -2.36. The van der Waals surface area contributed by atoms with Crippen molar-refractivity contribution in [3.05, 3.63) is 53.3 Å². The summed E-state index contributed by atoms with van der Waals surface area (Å²) in [4.78, 5) is 6.15. The maximum Gasteiger partial charge on any atom is 0.141 e. The number of benzene rings is 1. The quantitative estimate of drug-likeness (QED) is 0.654. The Kier molecular flexibility index (Phi) is 3.51. The molecule has 4 heteroatoms. The summed E-state index contributed by atoms with van der Waals surface area (Å²) in [7, 11) is 2.00. The number of amidine groups is 1. The highest BCUT2D eigenvalue weighted by atomic mass is 15.1. The van der Waals surface area contributed by atoms with E-state index in [0.717, 1.165) is 11.4 Å². The number of hydrogen-bond acceptors (Lipinski definition) is 3. The molecule has 0 fully saturated rings. The first-order chi connectivity index (χ1) is 8.99. The first-order valence-electron chi connectivity index (χ1n) is 6.10. The van der Waals surface area contributed by atoms with E-state index in [1.165, 1.54) is 11.1 Å². The van der Waals surface area contributed by atoms with Gasteiger partial charge < -0.3 is 10.6 Å². The van der Waals surface area contributed by atoms with Gasteiger partial charge in [0.25, 0.3) is 0 Å². The lowest BCUT2D eigenvalue weighted by molar-refractivity contribution is 1.15.